The minimum Gasteiger partial charge on any atom is -0.619 e. The van der Waals surface area contributed by atoms with Crippen molar-refractivity contribution in [3.05, 3.63) is 35.3 Å². The molecule has 0 saturated carbocycles. The molecule has 226 valence electrons. The number of pyridine rings is 1. The van der Waals surface area contributed by atoms with E-state index in [4.69, 9.17) is 0 Å². The number of likely N-dealkylation sites (N-methyl/N-ethyl adjacent to an activating group) is 1. The number of carbonyl (C=O) groups excluding carboxylic acids is 4. The van der Waals surface area contributed by atoms with Gasteiger partial charge in [-0.1, -0.05) is 54.4 Å². The van der Waals surface area contributed by atoms with E-state index in [0.717, 1.165) is 0 Å². The van der Waals surface area contributed by atoms with Crippen molar-refractivity contribution in [3.8, 4) is 0 Å². The maximum Gasteiger partial charge on any atom is 0.252 e. The summed E-state index contributed by atoms with van der Waals surface area (Å²) in [5, 5.41) is 26.1. The summed E-state index contributed by atoms with van der Waals surface area (Å²) in [6, 6.07) is 0.537. The summed E-state index contributed by atoms with van der Waals surface area (Å²) in [5.74, 6) is -1.18. The second-order valence-corrected chi connectivity index (χ2v) is 10.7. The molecule has 1 aromatic rings. The van der Waals surface area contributed by atoms with Crippen molar-refractivity contribution in [2.24, 2.45) is 11.8 Å². The van der Waals surface area contributed by atoms with Gasteiger partial charge in [0.2, 0.25) is 17.7 Å². The van der Waals surface area contributed by atoms with E-state index in [9.17, 15) is 24.4 Å². The van der Waals surface area contributed by atoms with Crippen LogP contribution in [0.5, 0.6) is 0 Å². The Morgan fingerprint density at radius 3 is 2.02 bits per heavy atom. The molecule has 0 aliphatic heterocycles. The molecule has 1 unspecified atom stereocenters. The van der Waals surface area contributed by atoms with Gasteiger partial charge in [0.25, 0.3) is 5.91 Å². The van der Waals surface area contributed by atoms with Crippen LogP contribution >= 0.6 is 0 Å². The Hall–Kier alpha value is -3.21. The fourth-order valence-electron chi connectivity index (χ4n) is 4.38. The molecule has 0 saturated heterocycles. The predicted molar refractivity (Wildman–Crippen MR) is 155 cm³/mol. The third-order valence-corrected chi connectivity index (χ3v) is 6.85. The van der Waals surface area contributed by atoms with E-state index in [1.807, 2.05) is 34.6 Å². The molecule has 4 amide bonds. The topological polar surface area (TPSA) is 155 Å². The summed E-state index contributed by atoms with van der Waals surface area (Å²) < 4.78 is 0.577. The lowest BCUT2D eigenvalue weighted by Gasteiger charge is -2.29. The van der Waals surface area contributed by atoms with Crippen LogP contribution in [-0.4, -0.2) is 60.9 Å². The van der Waals surface area contributed by atoms with Crippen LogP contribution in [0.4, 0.5) is 0 Å². The first kappa shape index (κ1) is 34.8. The van der Waals surface area contributed by atoms with Crippen LogP contribution in [0.1, 0.15) is 90.9 Å². The highest BCUT2D eigenvalue weighted by atomic mass is 16.5. The lowest BCUT2D eigenvalue weighted by molar-refractivity contribution is -0.605. The van der Waals surface area contributed by atoms with E-state index in [1.165, 1.54) is 24.5 Å². The molecule has 5 N–H and O–H groups in total. The molecule has 0 radical (unpaired) electrons. The first-order valence-electron chi connectivity index (χ1n) is 14.6. The van der Waals surface area contributed by atoms with Gasteiger partial charge in [-0.25, -0.2) is 0 Å². The van der Waals surface area contributed by atoms with Gasteiger partial charge >= 0.3 is 0 Å². The average molecular weight is 563 g/mol. The minimum atomic E-state index is -0.861. The van der Waals surface area contributed by atoms with Crippen molar-refractivity contribution >= 4 is 23.6 Å². The van der Waals surface area contributed by atoms with Crippen molar-refractivity contribution in [3.63, 3.8) is 0 Å². The highest BCUT2D eigenvalue weighted by Crippen LogP contribution is 2.12. The van der Waals surface area contributed by atoms with E-state index in [-0.39, 0.29) is 35.4 Å². The summed E-state index contributed by atoms with van der Waals surface area (Å²) >= 11 is 0. The monoisotopic (exact) mass is 562 g/mol. The van der Waals surface area contributed by atoms with Gasteiger partial charge < -0.3 is 31.8 Å². The maximum atomic E-state index is 13.4. The van der Waals surface area contributed by atoms with Gasteiger partial charge in [-0.3, -0.25) is 19.2 Å². The number of rotatable bonds is 18. The van der Waals surface area contributed by atoms with Crippen molar-refractivity contribution in [1.29, 1.82) is 0 Å². The van der Waals surface area contributed by atoms with Crippen molar-refractivity contribution in [2.45, 2.75) is 105 Å². The lowest BCUT2D eigenvalue weighted by Crippen LogP contribution is -2.57. The van der Waals surface area contributed by atoms with Crippen LogP contribution in [0.2, 0.25) is 0 Å². The van der Waals surface area contributed by atoms with Crippen LogP contribution in [0.15, 0.2) is 24.5 Å². The van der Waals surface area contributed by atoms with Crippen LogP contribution in [0.25, 0.3) is 0 Å². The zero-order valence-corrected chi connectivity index (χ0v) is 25.2. The molecule has 0 aromatic carbocycles. The van der Waals surface area contributed by atoms with Crippen LogP contribution in [-0.2, 0) is 14.4 Å². The number of hydrogen-bond donors (Lipinski definition) is 5. The summed E-state index contributed by atoms with van der Waals surface area (Å²) in [5.41, 5.74) is 0.262. The highest BCUT2D eigenvalue weighted by molar-refractivity contribution is 5.98. The minimum absolute atomic E-state index is 0.0726. The second-order valence-electron chi connectivity index (χ2n) is 10.7. The third-order valence-electron chi connectivity index (χ3n) is 6.85. The SMILES string of the molecule is CCC[C@H](NC(=O)[C@@H](NC(=O)c1cc[n+]([O-])cc1)C(C)CC)C(=O)N[C@H](CN[C@@H](CC)C(=O)NCC)CC(C)C. The molecule has 1 rings (SSSR count). The highest BCUT2D eigenvalue weighted by Gasteiger charge is 2.31. The van der Waals surface area contributed by atoms with Crippen molar-refractivity contribution in [1.82, 2.24) is 26.6 Å². The molecule has 0 aliphatic rings. The lowest BCUT2D eigenvalue weighted by atomic mass is 9.97. The Balaban J connectivity index is 2.99. The normalized spacial score (nSPS) is 14.9. The summed E-state index contributed by atoms with van der Waals surface area (Å²) in [7, 11) is 0. The summed E-state index contributed by atoms with van der Waals surface area (Å²) in [6.45, 7) is 14.6. The van der Waals surface area contributed by atoms with E-state index < -0.39 is 23.9 Å². The summed E-state index contributed by atoms with van der Waals surface area (Å²) in [4.78, 5) is 51.9. The number of aromatic nitrogens is 1. The second kappa shape index (κ2) is 18.2. The maximum absolute atomic E-state index is 13.4. The number of nitrogens with zero attached hydrogens (tertiary/aromatic N) is 1. The van der Waals surface area contributed by atoms with Gasteiger partial charge in [-0.15, -0.1) is 0 Å². The fourth-order valence-corrected chi connectivity index (χ4v) is 4.38. The number of hydrogen-bond acceptors (Lipinski definition) is 6. The van der Waals surface area contributed by atoms with Crippen molar-refractivity contribution in [2.75, 3.05) is 13.1 Å². The number of nitrogens with one attached hydrogen (secondary N) is 5. The third kappa shape index (κ3) is 11.9. The van der Waals surface area contributed by atoms with Gasteiger partial charge in [0.15, 0.2) is 12.4 Å². The Bertz CT molecular complexity index is 939. The quantitative estimate of drug-likeness (QED) is 0.136. The molecular weight excluding hydrogens is 512 g/mol. The molecule has 0 fully saturated rings. The average Bonchev–Trinajstić information content (AvgIpc) is 2.91. The number of carbonyl (C=O) groups is 4. The molecule has 0 spiro atoms. The molecule has 11 heteroatoms. The van der Waals surface area contributed by atoms with Gasteiger partial charge in [-0.05, 0) is 38.0 Å². The molecule has 1 aromatic heterocycles. The molecular formula is C29H50N6O5. The first-order valence-corrected chi connectivity index (χ1v) is 14.6. The molecule has 1 heterocycles. The van der Waals surface area contributed by atoms with Gasteiger partial charge in [0, 0.05) is 31.3 Å². The first-order chi connectivity index (χ1) is 19.0. The van der Waals surface area contributed by atoms with Crippen LogP contribution in [0.3, 0.4) is 0 Å². The van der Waals surface area contributed by atoms with Gasteiger partial charge in [0.1, 0.15) is 12.1 Å². The van der Waals surface area contributed by atoms with E-state index in [0.29, 0.717) is 55.8 Å². The molecule has 0 bridgehead atoms. The van der Waals surface area contributed by atoms with Crippen LogP contribution in [0, 0.1) is 17.0 Å². The van der Waals surface area contributed by atoms with Gasteiger partial charge in [0.05, 0.1) is 11.6 Å². The molecule has 0 aliphatic carbocycles. The molecule has 40 heavy (non-hydrogen) atoms. The smallest absolute Gasteiger partial charge is 0.252 e. The Morgan fingerprint density at radius 2 is 1.50 bits per heavy atom. The van der Waals surface area contributed by atoms with Crippen LogP contribution < -0.4 is 31.3 Å². The van der Waals surface area contributed by atoms with Crippen molar-refractivity contribution < 1.29 is 23.9 Å². The molecule has 5 atom stereocenters. The van der Waals surface area contributed by atoms with E-state index in [2.05, 4.69) is 40.4 Å². The largest absolute Gasteiger partial charge is 0.619 e. The van der Waals surface area contributed by atoms with E-state index >= 15 is 0 Å². The predicted octanol–water partition coefficient (Wildman–Crippen LogP) is 1.78. The fraction of sp³-hybridized carbons (Fsp3) is 0.690. The molecule has 11 nitrogen and oxygen atoms in total. The van der Waals surface area contributed by atoms with E-state index in [1.54, 1.807) is 0 Å². The Morgan fingerprint density at radius 1 is 0.850 bits per heavy atom. The Kier molecular flexibility index (Phi) is 15.8. The zero-order valence-electron chi connectivity index (χ0n) is 25.2. The summed E-state index contributed by atoms with van der Waals surface area (Å²) in [6.07, 6.45) is 5.48. The Labute approximate surface area is 239 Å². The van der Waals surface area contributed by atoms with Gasteiger partial charge in [-0.2, -0.15) is 4.73 Å². The zero-order chi connectivity index (χ0) is 30.2. The standard InChI is InChI=1S/C29H50N6O5/c1-8-12-24(28(38)32-22(17-19(5)6)18-31-23(10-3)27(37)30-11-4)33-29(39)25(20(7)9-2)34-26(36)21-13-15-35(40)16-14-21/h13-16,19-20,22-25,31H,8-12,17-18H2,1-7H3,(H,30,37)(H,32,38)(H,33,39)(H,34,36)/t20?,22-,23-,24-,25-/m0/s1. The number of amides is 4.